The number of phenolic OH excluding ortho intramolecular Hbond substituents is 1. The Hall–Kier alpha value is -5.06. The smallest absolute Gasteiger partial charge is 0.282 e. The molecule has 0 radical (unpaired) electrons. The second kappa shape index (κ2) is 10.6. The number of benzene rings is 2. The van der Waals surface area contributed by atoms with Gasteiger partial charge in [0.25, 0.3) is 11.5 Å². The maximum atomic E-state index is 16.1. The molecule has 226 valence electrons. The number of piperazine rings is 1. The van der Waals surface area contributed by atoms with Crippen molar-refractivity contribution in [3.8, 4) is 22.7 Å². The van der Waals surface area contributed by atoms with Crippen LogP contribution >= 0.6 is 0 Å². The molecule has 1 saturated heterocycles. The van der Waals surface area contributed by atoms with Gasteiger partial charge in [-0.1, -0.05) is 44.7 Å². The van der Waals surface area contributed by atoms with Gasteiger partial charge in [-0.25, -0.2) is 13.8 Å². The summed E-state index contributed by atoms with van der Waals surface area (Å²) >= 11 is 0. The fourth-order valence-corrected chi connectivity index (χ4v) is 6.37. The SMILES string of the molecule is C=CC(=O)N1C[C@@H]2C(=O)N(C)c3c(c4cc(F)c(-c5c(O)cccc5F)nc4n(-c4ccccc4C(C)C)c3=O)N2C[C@H]1C. The third kappa shape index (κ3) is 4.25. The lowest BCUT2D eigenvalue weighted by Gasteiger charge is -2.49. The number of phenols is 1. The first kappa shape index (κ1) is 29.0. The molecule has 2 amide bonds. The molecule has 1 fully saturated rings. The highest BCUT2D eigenvalue weighted by atomic mass is 19.1. The van der Waals surface area contributed by atoms with Gasteiger partial charge in [-0.15, -0.1) is 0 Å². The zero-order valence-electron chi connectivity index (χ0n) is 24.7. The van der Waals surface area contributed by atoms with Crippen molar-refractivity contribution in [1.29, 1.82) is 0 Å². The van der Waals surface area contributed by atoms with Crippen molar-refractivity contribution >= 4 is 34.2 Å². The van der Waals surface area contributed by atoms with Gasteiger partial charge in [0.2, 0.25) is 5.91 Å². The number of likely N-dealkylation sites (N-methyl/N-ethyl adjacent to an activating group) is 1. The van der Waals surface area contributed by atoms with E-state index in [0.29, 0.717) is 11.4 Å². The highest BCUT2D eigenvalue weighted by Crippen LogP contribution is 2.43. The summed E-state index contributed by atoms with van der Waals surface area (Å²) in [5, 5.41) is 10.7. The highest BCUT2D eigenvalue weighted by molar-refractivity contribution is 6.12. The minimum absolute atomic E-state index is 0.0275. The van der Waals surface area contributed by atoms with Crippen molar-refractivity contribution in [2.75, 3.05) is 29.9 Å². The lowest BCUT2D eigenvalue weighted by molar-refractivity contribution is -0.130. The number of nitrogens with zero attached hydrogens (tertiary/aromatic N) is 5. The van der Waals surface area contributed by atoms with E-state index in [1.165, 1.54) is 40.8 Å². The Morgan fingerprint density at radius 1 is 1.07 bits per heavy atom. The molecule has 2 aliphatic heterocycles. The average Bonchev–Trinajstić information content (AvgIpc) is 2.99. The quantitative estimate of drug-likeness (QED) is 0.341. The molecule has 2 atom stereocenters. The average molecular weight is 600 g/mol. The highest BCUT2D eigenvalue weighted by Gasteiger charge is 2.46. The van der Waals surface area contributed by atoms with Crippen LogP contribution < -0.4 is 15.4 Å². The minimum atomic E-state index is -0.924. The number of hydrogen-bond acceptors (Lipinski definition) is 6. The molecule has 0 unspecified atom stereocenters. The molecule has 9 nitrogen and oxygen atoms in total. The summed E-state index contributed by atoms with van der Waals surface area (Å²) < 4.78 is 32.4. The van der Waals surface area contributed by atoms with Crippen molar-refractivity contribution in [3.63, 3.8) is 0 Å². The molecule has 2 aliphatic rings. The number of anilines is 2. The van der Waals surface area contributed by atoms with E-state index in [0.717, 1.165) is 11.6 Å². The number of hydrogen-bond donors (Lipinski definition) is 1. The van der Waals surface area contributed by atoms with Crippen molar-refractivity contribution in [2.45, 2.75) is 38.8 Å². The van der Waals surface area contributed by atoms with E-state index in [4.69, 9.17) is 0 Å². The number of carbonyl (C=O) groups excluding carboxylic acids is 2. The van der Waals surface area contributed by atoms with E-state index in [-0.39, 0.29) is 47.7 Å². The van der Waals surface area contributed by atoms with Crippen LogP contribution in [0.15, 0.2) is 66.0 Å². The predicted octanol–water partition coefficient (Wildman–Crippen LogP) is 4.73. The second-order valence-corrected chi connectivity index (χ2v) is 11.5. The first-order chi connectivity index (χ1) is 21.0. The molecule has 6 rings (SSSR count). The summed E-state index contributed by atoms with van der Waals surface area (Å²) in [6, 6.07) is 10.8. The third-order valence-electron chi connectivity index (χ3n) is 8.52. The van der Waals surface area contributed by atoms with Gasteiger partial charge in [0.05, 0.1) is 23.5 Å². The number of halogens is 2. The van der Waals surface area contributed by atoms with Gasteiger partial charge >= 0.3 is 0 Å². The predicted molar refractivity (Wildman–Crippen MR) is 164 cm³/mol. The van der Waals surface area contributed by atoms with Gasteiger partial charge in [-0.2, -0.15) is 0 Å². The third-order valence-corrected chi connectivity index (χ3v) is 8.52. The first-order valence-corrected chi connectivity index (χ1v) is 14.3. The molecule has 44 heavy (non-hydrogen) atoms. The topological polar surface area (TPSA) is 99.0 Å². The van der Waals surface area contributed by atoms with E-state index < -0.39 is 46.1 Å². The van der Waals surface area contributed by atoms with Crippen molar-refractivity contribution in [3.05, 3.63) is 88.7 Å². The zero-order valence-corrected chi connectivity index (χ0v) is 24.7. The number of fused-ring (bicyclic) bond motifs is 5. The normalized spacial score (nSPS) is 18.1. The Labute approximate surface area is 252 Å². The van der Waals surface area contributed by atoms with Gasteiger partial charge < -0.3 is 19.8 Å². The molecular formula is C33H31F2N5O4. The number of aromatic hydroxyl groups is 1. The zero-order chi connectivity index (χ0) is 31.6. The van der Waals surface area contributed by atoms with Gasteiger partial charge in [-0.3, -0.25) is 19.0 Å². The molecule has 0 spiro atoms. The molecule has 4 aromatic rings. The van der Waals surface area contributed by atoms with Crippen LogP contribution in [0.2, 0.25) is 0 Å². The number of carbonyl (C=O) groups is 2. The van der Waals surface area contributed by atoms with E-state index in [2.05, 4.69) is 11.6 Å². The molecule has 2 aromatic heterocycles. The summed E-state index contributed by atoms with van der Waals surface area (Å²) in [5.74, 6) is -3.06. The standard InChI is InChI=1S/C33H31F2N5O4/c1-6-26(42)38-16-24-32(43)37(5)30-29(39(24)15-18(38)4)20-14-22(35)28(27-21(34)11-9-13-25(27)41)36-31(20)40(33(30)44)23-12-8-7-10-19(23)17(2)3/h6-14,17-18,24,41H,1,15-16H2,2-5H3/t18-,24-/m1/s1. The Morgan fingerprint density at radius 2 is 1.80 bits per heavy atom. The summed E-state index contributed by atoms with van der Waals surface area (Å²) in [4.78, 5) is 50.1. The van der Waals surface area contributed by atoms with E-state index >= 15 is 8.78 Å². The summed E-state index contributed by atoms with van der Waals surface area (Å²) in [6.45, 7) is 9.53. The minimum Gasteiger partial charge on any atom is -0.507 e. The van der Waals surface area contributed by atoms with Crippen molar-refractivity contribution in [1.82, 2.24) is 14.5 Å². The maximum Gasteiger partial charge on any atom is 0.282 e. The lowest BCUT2D eigenvalue weighted by Crippen LogP contribution is -2.66. The van der Waals surface area contributed by atoms with Gasteiger partial charge in [0.1, 0.15) is 29.0 Å². The van der Waals surface area contributed by atoms with E-state index in [1.807, 2.05) is 32.9 Å². The van der Waals surface area contributed by atoms with Crippen LogP contribution in [0.1, 0.15) is 32.3 Å². The maximum absolute atomic E-state index is 16.1. The van der Waals surface area contributed by atoms with Crippen molar-refractivity contribution < 1.29 is 23.5 Å². The van der Waals surface area contributed by atoms with Gasteiger partial charge in [0.15, 0.2) is 11.5 Å². The summed E-state index contributed by atoms with van der Waals surface area (Å²) in [6.07, 6.45) is 1.19. The number of para-hydroxylation sites is 1. The van der Waals surface area contributed by atoms with E-state index in [9.17, 15) is 19.5 Å². The summed E-state index contributed by atoms with van der Waals surface area (Å²) in [7, 11) is 1.48. The number of aromatic nitrogens is 2. The monoisotopic (exact) mass is 599 g/mol. The fraction of sp³-hybridized carbons (Fsp3) is 0.273. The van der Waals surface area contributed by atoms with Gasteiger partial charge in [-0.05, 0) is 48.7 Å². The van der Waals surface area contributed by atoms with Crippen LogP contribution in [0, 0.1) is 11.6 Å². The molecule has 0 saturated carbocycles. The van der Waals surface area contributed by atoms with Crippen LogP contribution in [0.25, 0.3) is 28.0 Å². The van der Waals surface area contributed by atoms with Crippen LogP contribution in [0.5, 0.6) is 5.75 Å². The Morgan fingerprint density at radius 3 is 2.48 bits per heavy atom. The lowest BCUT2D eigenvalue weighted by atomic mass is 9.97. The molecule has 11 heteroatoms. The Bertz CT molecular complexity index is 1920. The largest absolute Gasteiger partial charge is 0.507 e. The van der Waals surface area contributed by atoms with Crippen molar-refractivity contribution in [2.24, 2.45) is 0 Å². The van der Waals surface area contributed by atoms with Crippen LogP contribution in [0.4, 0.5) is 20.2 Å². The molecule has 0 aliphatic carbocycles. The number of pyridine rings is 2. The number of amides is 2. The molecule has 2 aromatic carbocycles. The Kier molecular flexibility index (Phi) is 6.98. The molecular weight excluding hydrogens is 568 g/mol. The fourth-order valence-electron chi connectivity index (χ4n) is 6.37. The van der Waals surface area contributed by atoms with E-state index in [1.54, 1.807) is 21.9 Å². The molecule has 1 N–H and O–H groups in total. The molecule has 4 heterocycles. The van der Waals surface area contributed by atoms with Crippen LogP contribution in [-0.4, -0.2) is 63.6 Å². The summed E-state index contributed by atoms with van der Waals surface area (Å²) in [5.41, 5.74) is 0.158. The second-order valence-electron chi connectivity index (χ2n) is 11.5. The van der Waals surface area contributed by atoms with Crippen LogP contribution in [0.3, 0.4) is 0 Å². The Balaban J connectivity index is 1.74. The van der Waals surface area contributed by atoms with Gasteiger partial charge in [0, 0.05) is 25.0 Å². The molecule has 0 bridgehead atoms. The first-order valence-electron chi connectivity index (χ1n) is 14.3. The van der Waals surface area contributed by atoms with Crippen LogP contribution in [-0.2, 0) is 9.59 Å². The number of rotatable bonds is 4.